The fourth-order valence-corrected chi connectivity index (χ4v) is 3.83. The number of amides is 2. The minimum atomic E-state index is -0.983. The molecule has 0 unspecified atom stereocenters. The predicted molar refractivity (Wildman–Crippen MR) is 114 cm³/mol. The van der Waals surface area contributed by atoms with Gasteiger partial charge in [0, 0.05) is 37.0 Å². The zero-order chi connectivity index (χ0) is 23.0. The molecule has 32 heavy (non-hydrogen) atoms. The molecule has 0 spiro atoms. The van der Waals surface area contributed by atoms with Gasteiger partial charge in [0.2, 0.25) is 0 Å². The molecule has 1 aromatic heterocycles. The van der Waals surface area contributed by atoms with Crippen molar-refractivity contribution in [1.29, 1.82) is 0 Å². The molecule has 1 aliphatic carbocycles. The standard InChI is InChI=1S/C23H22F2N4O3/c1-28(2)23(31)13-7-10-20(32-3)18(11-13)26-22(30)21-15-5-4-6-19(15)29(27-21)14-8-9-16(24)17(25)12-14/h7-12H,4-6H2,1-3H3,(H,26,30). The number of ether oxygens (including phenoxy) is 1. The number of aromatic nitrogens is 2. The van der Waals surface area contributed by atoms with Crippen LogP contribution in [0.2, 0.25) is 0 Å². The maximum atomic E-state index is 13.8. The topological polar surface area (TPSA) is 76.5 Å². The molecule has 1 heterocycles. The molecule has 1 N–H and O–H groups in total. The summed E-state index contributed by atoms with van der Waals surface area (Å²) in [5.41, 5.74) is 2.84. The molecule has 0 saturated heterocycles. The number of hydrogen-bond acceptors (Lipinski definition) is 4. The van der Waals surface area contributed by atoms with Crippen molar-refractivity contribution in [2.24, 2.45) is 0 Å². The molecule has 7 nitrogen and oxygen atoms in total. The summed E-state index contributed by atoms with van der Waals surface area (Å²) in [6.07, 6.45) is 2.15. The fourth-order valence-electron chi connectivity index (χ4n) is 3.83. The van der Waals surface area contributed by atoms with E-state index in [9.17, 15) is 18.4 Å². The molecule has 0 fully saturated rings. The second kappa shape index (κ2) is 8.41. The van der Waals surface area contributed by atoms with Gasteiger partial charge in [-0.1, -0.05) is 0 Å². The SMILES string of the molecule is COc1ccc(C(=O)N(C)C)cc1NC(=O)c1nn(-c2ccc(F)c(F)c2)c2c1CCC2. The average molecular weight is 440 g/mol. The first-order valence-corrected chi connectivity index (χ1v) is 10.1. The number of halogens is 2. The Hall–Kier alpha value is -3.75. The van der Waals surface area contributed by atoms with E-state index < -0.39 is 17.5 Å². The molecule has 1 aliphatic rings. The van der Waals surface area contributed by atoms with E-state index in [1.54, 1.807) is 32.3 Å². The summed E-state index contributed by atoms with van der Waals surface area (Å²) in [4.78, 5) is 26.9. The quantitative estimate of drug-likeness (QED) is 0.658. The van der Waals surface area contributed by atoms with Crippen LogP contribution in [0.25, 0.3) is 5.69 Å². The van der Waals surface area contributed by atoms with Crippen molar-refractivity contribution in [3.63, 3.8) is 0 Å². The van der Waals surface area contributed by atoms with Crippen LogP contribution >= 0.6 is 0 Å². The summed E-state index contributed by atoms with van der Waals surface area (Å²) >= 11 is 0. The summed E-state index contributed by atoms with van der Waals surface area (Å²) < 4.78 is 34.0. The van der Waals surface area contributed by atoms with Crippen molar-refractivity contribution >= 4 is 17.5 Å². The van der Waals surface area contributed by atoms with Gasteiger partial charge >= 0.3 is 0 Å². The number of benzene rings is 2. The van der Waals surface area contributed by atoms with E-state index >= 15 is 0 Å². The van der Waals surface area contributed by atoms with E-state index in [-0.39, 0.29) is 11.6 Å². The van der Waals surface area contributed by atoms with Crippen LogP contribution in [0.4, 0.5) is 14.5 Å². The lowest BCUT2D eigenvalue weighted by molar-refractivity contribution is 0.0827. The van der Waals surface area contributed by atoms with Gasteiger partial charge in [-0.05, 0) is 49.6 Å². The Morgan fingerprint density at radius 1 is 1.09 bits per heavy atom. The third kappa shape index (κ3) is 3.81. The van der Waals surface area contributed by atoms with E-state index in [2.05, 4.69) is 10.4 Å². The van der Waals surface area contributed by atoms with Crippen molar-refractivity contribution in [2.75, 3.05) is 26.5 Å². The minimum Gasteiger partial charge on any atom is -0.495 e. The van der Waals surface area contributed by atoms with Gasteiger partial charge in [-0.3, -0.25) is 9.59 Å². The summed E-state index contributed by atoms with van der Waals surface area (Å²) in [6.45, 7) is 0. The maximum absolute atomic E-state index is 13.8. The number of fused-ring (bicyclic) bond motifs is 1. The molecule has 2 amide bonds. The van der Waals surface area contributed by atoms with Crippen LogP contribution < -0.4 is 10.1 Å². The Bertz CT molecular complexity index is 1220. The highest BCUT2D eigenvalue weighted by Gasteiger charge is 2.28. The number of nitrogens with zero attached hydrogens (tertiary/aromatic N) is 3. The van der Waals surface area contributed by atoms with E-state index in [1.165, 1.54) is 22.8 Å². The molecular formula is C23H22F2N4O3. The molecule has 2 aromatic carbocycles. The number of rotatable bonds is 5. The number of carbonyl (C=O) groups is 2. The van der Waals surface area contributed by atoms with Gasteiger partial charge < -0.3 is 15.0 Å². The van der Waals surface area contributed by atoms with E-state index in [4.69, 9.17) is 4.74 Å². The molecule has 0 aliphatic heterocycles. The lowest BCUT2D eigenvalue weighted by atomic mass is 10.1. The Labute approximate surface area is 183 Å². The summed E-state index contributed by atoms with van der Waals surface area (Å²) in [7, 11) is 4.74. The highest BCUT2D eigenvalue weighted by atomic mass is 19.2. The zero-order valence-electron chi connectivity index (χ0n) is 17.9. The van der Waals surface area contributed by atoms with Crippen LogP contribution in [-0.4, -0.2) is 47.7 Å². The maximum Gasteiger partial charge on any atom is 0.276 e. The summed E-state index contributed by atoms with van der Waals surface area (Å²) in [5.74, 6) is -2.23. The van der Waals surface area contributed by atoms with Crippen molar-refractivity contribution in [3.05, 3.63) is 70.5 Å². The van der Waals surface area contributed by atoms with Crippen molar-refractivity contribution in [3.8, 4) is 11.4 Å². The first-order chi connectivity index (χ1) is 15.3. The Balaban J connectivity index is 1.70. The molecule has 9 heteroatoms. The number of carbonyl (C=O) groups excluding carboxylic acids is 2. The first kappa shape index (κ1) is 21.5. The van der Waals surface area contributed by atoms with Crippen LogP contribution in [0.5, 0.6) is 5.75 Å². The van der Waals surface area contributed by atoms with Crippen molar-refractivity contribution < 1.29 is 23.1 Å². The molecule has 0 radical (unpaired) electrons. The number of anilines is 1. The van der Waals surface area contributed by atoms with Gasteiger partial charge in [-0.2, -0.15) is 5.10 Å². The van der Waals surface area contributed by atoms with Gasteiger partial charge in [0.05, 0.1) is 18.5 Å². The molecule has 0 saturated carbocycles. The van der Waals surface area contributed by atoms with Crippen LogP contribution in [-0.2, 0) is 12.8 Å². The molecule has 166 valence electrons. The van der Waals surface area contributed by atoms with Crippen LogP contribution in [0.3, 0.4) is 0 Å². The summed E-state index contributed by atoms with van der Waals surface area (Å²) in [5, 5.41) is 7.19. The van der Waals surface area contributed by atoms with Crippen LogP contribution in [0.15, 0.2) is 36.4 Å². The molecule has 0 bridgehead atoms. The lowest BCUT2D eigenvalue weighted by Crippen LogP contribution is -2.22. The number of methoxy groups -OCH3 is 1. The highest BCUT2D eigenvalue weighted by Crippen LogP contribution is 2.31. The fraction of sp³-hybridized carbons (Fsp3) is 0.261. The van der Waals surface area contributed by atoms with Gasteiger partial charge in [0.1, 0.15) is 5.75 Å². The smallest absolute Gasteiger partial charge is 0.276 e. The monoisotopic (exact) mass is 440 g/mol. The zero-order valence-corrected chi connectivity index (χ0v) is 17.9. The van der Waals surface area contributed by atoms with E-state index in [0.717, 1.165) is 29.8 Å². The molecule has 4 rings (SSSR count). The van der Waals surface area contributed by atoms with E-state index in [1.807, 2.05) is 0 Å². The van der Waals surface area contributed by atoms with Gasteiger partial charge in [-0.25, -0.2) is 13.5 Å². The third-order valence-corrected chi connectivity index (χ3v) is 5.39. The Morgan fingerprint density at radius 3 is 2.56 bits per heavy atom. The third-order valence-electron chi connectivity index (χ3n) is 5.39. The largest absolute Gasteiger partial charge is 0.495 e. The second-order valence-corrected chi connectivity index (χ2v) is 7.71. The van der Waals surface area contributed by atoms with E-state index in [0.29, 0.717) is 35.5 Å². The Kier molecular flexibility index (Phi) is 5.65. The van der Waals surface area contributed by atoms with Crippen LogP contribution in [0, 0.1) is 11.6 Å². The van der Waals surface area contributed by atoms with Crippen LogP contribution in [0.1, 0.15) is 38.5 Å². The molecular weight excluding hydrogens is 418 g/mol. The van der Waals surface area contributed by atoms with Crippen molar-refractivity contribution in [1.82, 2.24) is 14.7 Å². The van der Waals surface area contributed by atoms with Crippen molar-refractivity contribution in [2.45, 2.75) is 19.3 Å². The minimum absolute atomic E-state index is 0.202. The molecule has 3 aromatic rings. The predicted octanol–water partition coefficient (Wildman–Crippen LogP) is 3.60. The van der Waals surface area contributed by atoms with Gasteiger partial charge in [-0.15, -0.1) is 0 Å². The van der Waals surface area contributed by atoms with Gasteiger partial charge in [0.25, 0.3) is 11.8 Å². The number of nitrogens with one attached hydrogen (secondary N) is 1. The molecule has 0 atom stereocenters. The first-order valence-electron chi connectivity index (χ1n) is 10.1. The number of hydrogen-bond donors (Lipinski definition) is 1. The summed E-state index contributed by atoms with van der Waals surface area (Å²) in [6, 6.07) is 8.28. The average Bonchev–Trinajstić information content (AvgIpc) is 3.38. The van der Waals surface area contributed by atoms with Gasteiger partial charge in [0.15, 0.2) is 17.3 Å². The normalized spacial score (nSPS) is 12.4. The Morgan fingerprint density at radius 2 is 1.88 bits per heavy atom. The second-order valence-electron chi connectivity index (χ2n) is 7.71. The lowest BCUT2D eigenvalue weighted by Gasteiger charge is -2.14. The highest BCUT2D eigenvalue weighted by molar-refractivity contribution is 6.06.